The van der Waals surface area contributed by atoms with Gasteiger partial charge in [0.05, 0.1) is 24.7 Å². The van der Waals surface area contributed by atoms with E-state index in [1.165, 1.54) is 0 Å². The summed E-state index contributed by atoms with van der Waals surface area (Å²) in [5, 5.41) is 0. The molecule has 3 aromatic rings. The lowest BCUT2D eigenvalue weighted by molar-refractivity contribution is 0.100. The Labute approximate surface area is 139 Å². The molecular formula is C18H18N4O2. The molecule has 0 atom stereocenters. The second kappa shape index (κ2) is 5.56. The average Bonchev–Trinajstić information content (AvgIpc) is 2.98. The number of aromatic nitrogens is 2. The van der Waals surface area contributed by atoms with Crippen LogP contribution in [0.3, 0.4) is 0 Å². The maximum Gasteiger partial charge on any atom is 0.248 e. The summed E-state index contributed by atoms with van der Waals surface area (Å²) in [4.78, 5) is 18.3. The van der Waals surface area contributed by atoms with Gasteiger partial charge in [-0.05, 0) is 42.5 Å². The molecule has 2 N–H and O–H groups in total. The highest BCUT2D eigenvalue weighted by Crippen LogP contribution is 2.26. The van der Waals surface area contributed by atoms with Crippen molar-refractivity contribution in [3.63, 3.8) is 0 Å². The van der Waals surface area contributed by atoms with Crippen LogP contribution in [0.25, 0.3) is 11.0 Å². The summed E-state index contributed by atoms with van der Waals surface area (Å²) in [6.07, 6.45) is 0. The number of hydrogen-bond acceptors (Lipinski definition) is 4. The molecule has 0 radical (unpaired) electrons. The highest BCUT2D eigenvalue weighted by Gasteiger charge is 2.20. The van der Waals surface area contributed by atoms with Crippen molar-refractivity contribution >= 4 is 22.6 Å². The zero-order valence-corrected chi connectivity index (χ0v) is 13.4. The van der Waals surface area contributed by atoms with Crippen molar-refractivity contribution in [2.24, 2.45) is 5.73 Å². The number of amides is 1. The lowest BCUT2D eigenvalue weighted by Crippen LogP contribution is -2.33. The van der Waals surface area contributed by atoms with Gasteiger partial charge in [0.25, 0.3) is 0 Å². The van der Waals surface area contributed by atoms with Crippen LogP contribution >= 0.6 is 0 Å². The average molecular weight is 322 g/mol. The Kier molecular flexibility index (Phi) is 3.37. The number of carbonyl (C=O) groups excluding carboxylic acids is 1. The van der Waals surface area contributed by atoms with E-state index in [9.17, 15) is 4.79 Å². The second-order valence-corrected chi connectivity index (χ2v) is 5.87. The SMILES string of the molecule is COc1ccc(N2CCn3c(nc4cc(C(N)=O)ccc43)C2)cc1. The molecule has 0 aliphatic carbocycles. The van der Waals surface area contributed by atoms with Crippen molar-refractivity contribution in [3.8, 4) is 5.75 Å². The first-order valence-electron chi connectivity index (χ1n) is 7.83. The van der Waals surface area contributed by atoms with E-state index in [1.807, 2.05) is 18.2 Å². The molecule has 0 saturated heterocycles. The number of nitrogens with two attached hydrogens (primary N) is 1. The number of benzene rings is 2. The van der Waals surface area contributed by atoms with E-state index in [0.717, 1.165) is 47.9 Å². The van der Waals surface area contributed by atoms with E-state index in [0.29, 0.717) is 5.56 Å². The van der Waals surface area contributed by atoms with Gasteiger partial charge in [-0.15, -0.1) is 0 Å². The molecule has 1 aliphatic heterocycles. The summed E-state index contributed by atoms with van der Waals surface area (Å²) < 4.78 is 7.42. The van der Waals surface area contributed by atoms with E-state index in [4.69, 9.17) is 15.5 Å². The van der Waals surface area contributed by atoms with Gasteiger partial charge < -0.3 is 19.9 Å². The molecule has 6 nitrogen and oxygen atoms in total. The van der Waals surface area contributed by atoms with Crippen molar-refractivity contribution in [1.82, 2.24) is 9.55 Å². The second-order valence-electron chi connectivity index (χ2n) is 5.87. The Hall–Kier alpha value is -3.02. The molecule has 122 valence electrons. The van der Waals surface area contributed by atoms with E-state index in [-0.39, 0.29) is 0 Å². The first-order chi connectivity index (χ1) is 11.7. The Morgan fingerprint density at radius 3 is 2.67 bits per heavy atom. The van der Waals surface area contributed by atoms with Crippen molar-refractivity contribution in [1.29, 1.82) is 0 Å². The summed E-state index contributed by atoms with van der Waals surface area (Å²) in [7, 11) is 1.67. The quantitative estimate of drug-likeness (QED) is 0.802. The van der Waals surface area contributed by atoms with Crippen LogP contribution in [0.4, 0.5) is 5.69 Å². The minimum absolute atomic E-state index is 0.428. The monoisotopic (exact) mass is 322 g/mol. The Balaban J connectivity index is 1.66. The van der Waals surface area contributed by atoms with Crippen LogP contribution in [-0.4, -0.2) is 29.1 Å². The van der Waals surface area contributed by atoms with Crippen LogP contribution in [0, 0.1) is 0 Å². The van der Waals surface area contributed by atoms with Gasteiger partial charge in [0, 0.05) is 24.3 Å². The summed E-state index contributed by atoms with van der Waals surface area (Å²) in [6.45, 7) is 2.49. The zero-order chi connectivity index (χ0) is 16.7. The van der Waals surface area contributed by atoms with Crippen LogP contribution in [0.15, 0.2) is 42.5 Å². The van der Waals surface area contributed by atoms with Crippen LogP contribution in [-0.2, 0) is 13.1 Å². The van der Waals surface area contributed by atoms with Gasteiger partial charge in [0.2, 0.25) is 5.91 Å². The Morgan fingerprint density at radius 2 is 1.96 bits per heavy atom. The van der Waals surface area contributed by atoms with Gasteiger partial charge in [-0.2, -0.15) is 0 Å². The first-order valence-corrected chi connectivity index (χ1v) is 7.83. The fourth-order valence-electron chi connectivity index (χ4n) is 3.19. The molecule has 1 aromatic heterocycles. The van der Waals surface area contributed by atoms with Gasteiger partial charge in [0.1, 0.15) is 11.6 Å². The smallest absolute Gasteiger partial charge is 0.248 e. The molecule has 2 aromatic carbocycles. The molecule has 0 spiro atoms. The van der Waals surface area contributed by atoms with Crippen LogP contribution in [0.1, 0.15) is 16.2 Å². The van der Waals surface area contributed by atoms with Gasteiger partial charge in [-0.1, -0.05) is 0 Å². The molecule has 6 heteroatoms. The number of fused-ring (bicyclic) bond motifs is 3. The molecule has 0 saturated carbocycles. The minimum Gasteiger partial charge on any atom is -0.497 e. The molecule has 0 unspecified atom stereocenters. The molecule has 1 amide bonds. The normalized spacial score (nSPS) is 13.8. The third-order valence-electron chi connectivity index (χ3n) is 4.48. The van der Waals surface area contributed by atoms with E-state index in [2.05, 4.69) is 21.6 Å². The van der Waals surface area contributed by atoms with E-state index >= 15 is 0 Å². The van der Waals surface area contributed by atoms with Gasteiger partial charge in [-0.25, -0.2) is 4.98 Å². The molecular weight excluding hydrogens is 304 g/mol. The maximum atomic E-state index is 11.3. The van der Waals surface area contributed by atoms with E-state index < -0.39 is 5.91 Å². The number of primary amides is 1. The molecule has 1 aliphatic rings. The third-order valence-corrected chi connectivity index (χ3v) is 4.48. The number of anilines is 1. The summed E-state index contributed by atoms with van der Waals surface area (Å²) >= 11 is 0. The number of carbonyl (C=O) groups is 1. The minimum atomic E-state index is -0.428. The molecule has 0 bridgehead atoms. The number of methoxy groups -OCH3 is 1. The van der Waals surface area contributed by atoms with Crippen molar-refractivity contribution in [3.05, 3.63) is 53.9 Å². The fourth-order valence-corrected chi connectivity index (χ4v) is 3.19. The van der Waals surface area contributed by atoms with Gasteiger partial charge in [-0.3, -0.25) is 4.79 Å². The predicted octanol–water partition coefficient (Wildman–Crippen LogP) is 2.16. The van der Waals surface area contributed by atoms with E-state index in [1.54, 1.807) is 19.2 Å². The molecule has 0 fully saturated rings. The van der Waals surface area contributed by atoms with Crippen molar-refractivity contribution in [2.75, 3.05) is 18.6 Å². The summed E-state index contributed by atoms with van der Waals surface area (Å²) in [5.74, 6) is 1.42. The maximum absolute atomic E-state index is 11.3. The van der Waals surface area contributed by atoms with Crippen LogP contribution in [0.5, 0.6) is 5.75 Å². The van der Waals surface area contributed by atoms with Gasteiger partial charge in [0.15, 0.2) is 0 Å². The number of hydrogen-bond donors (Lipinski definition) is 1. The number of rotatable bonds is 3. The first kappa shape index (κ1) is 14.6. The molecule has 4 rings (SSSR count). The highest BCUT2D eigenvalue weighted by molar-refractivity contribution is 5.96. The third kappa shape index (κ3) is 2.36. The number of ether oxygens (including phenoxy) is 1. The Morgan fingerprint density at radius 1 is 1.17 bits per heavy atom. The van der Waals surface area contributed by atoms with Crippen molar-refractivity contribution in [2.45, 2.75) is 13.1 Å². The van der Waals surface area contributed by atoms with Gasteiger partial charge >= 0.3 is 0 Å². The zero-order valence-electron chi connectivity index (χ0n) is 13.4. The highest BCUT2D eigenvalue weighted by atomic mass is 16.5. The fraction of sp³-hybridized carbons (Fsp3) is 0.222. The summed E-state index contributed by atoms with van der Waals surface area (Å²) in [6, 6.07) is 13.5. The van der Waals surface area contributed by atoms with Crippen LogP contribution in [0.2, 0.25) is 0 Å². The predicted molar refractivity (Wildman–Crippen MR) is 92.3 cm³/mol. The lowest BCUT2D eigenvalue weighted by atomic mass is 10.2. The van der Waals surface area contributed by atoms with Crippen molar-refractivity contribution < 1.29 is 9.53 Å². The molecule has 24 heavy (non-hydrogen) atoms. The lowest BCUT2D eigenvalue weighted by Gasteiger charge is -2.30. The number of imidazole rings is 1. The topological polar surface area (TPSA) is 73.4 Å². The summed E-state index contributed by atoms with van der Waals surface area (Å²) in [5.41, 5.74) is 8.86. The Bertz CT molecular complexity index is 915. The van der Waals surface area contributed by atoms with Crippen LogP contribution < -0.4 is 15.4 Å². The molecule has 2 heterocycles. The largest absolute Gasteiger partial charge is 0.497 e. The number of nitrogens with zero attached hydrogens (tertiary/aromatic N) is 3. The standard InChI is InChI=1S/C18H18N4O2/c1-24-14-5-3-13(4-6-14)21-8-9-22-16-7-2-12(18(19)23)10-15(16)20-17(22)11-21/h2-7,10H,8-9,11H2,1H3,(H2,19,23).